The Morgan fingerprint density at radius 1 is 1.08 bits per heavy atom. The molecule has 3 heteroatoms. The molecule has 0 radical (unpaired) electrons. The average molecular weight is 177 g/mol. The van der Waals surface area contributed by atoms with Crippen LogP contribution in [0.4, 0.5) is 0 Å². The number of aromatic nitrogens is 3. The van der Waals surface area contributed by atoms with Crippen molar-refractivity contribution >= 4 is 5.65 Å². The summed E-state index contributed by atoms with van der Waals surface area (Å²) in [4.78, 5) is 8.39. The van der Waals surface area contributed by atoms with Gasteiger partial charge in [-0.05, 0) is 13.8 Å². The van der Waals surface area contributed by atoms with Gasteiger partial charge in [0.05, 0.1) is 17.6 Å². The van der Waals surface area contributed by atoms with E-state index in [4.69, 9.17) is 0 Å². The minimum absolute atomic E-state index is 0.910. The number of aryl methyl sites for hydroxylation is 2. The smallest absolute Gasteiger partial charge is 0.155 e. The maximum atomic E-state index is 4.25. The van der Waals surface area contributed by atoms with Gasteiger partial charge in [-0.2, -0.15) is 0 Å². The zero-order valence-electron chi connectivity index (χ0n) is 8.57. The lowest BCUT2D eigenvalue weighted by atomic mass is 10.5. The molecule has 13 heavy (non-hydrogen) atoms. The van der Waals surface area contributed by atoms with Crippen LogP contribution in [0.3, 0.4) is 0 Å². The van der Waals surface area contributed by atoms with Gasteiger partial charge in [0, 0.05) is 12.4 Å². The molecule has 0 atom stereocenters. The highest BCUT2D eigenvalue weighted by Crippen LogP contribution is 2.02. The van der Waals surface area contributed by atoms with Gasteiger partial charge in [-0.25, -0.2) is 4.98 Å². The second kappa shape index (κ2) is 4.03. The molecule has 0 spiro atoms. The molecule has 0 aromatic carbocycles. The Morgan fingerprint density at radius 2 is 1.69 bits per heavy atom. The zero-order valence-corrected chi connectivity index (χ0v) is 8.57. The first-order valence-corrected chi connectivity index (χ1v) is 4.54. The molecule has 0 saturated carbocycles. The molecule has 70 valence electrons. The van der Waals surface area contributed by atoms with Gasteiger partial charge in [-0.1, -0.05) is 13.8 Å². The van der Waals surface area contributed by atoms with Crippen LogP contribution in [0.5, 0.6) is 0 Å². The van der Waals surface area contributed by atoms with E-state index in [0.717, 1.165) is 17.0 Å². The van der Waals surface area contributed by atoms with E-state index in [9.17, 15) is 0 Å². The molecular formula is C10H15N3. The van der Waals surface area contributed by atoms with E-state index >= 15 is 0 Å². The van der Waals surface area contributed by atoms with Crippen molar-refractivity contribution in [1.82, 2.24) is 14.4 Å². The van der Waals surface area contributed by atoms with Crippen molar-refractivity contribution in [2.45, 2.75) is 27.7 Å². The molecule has 0 aliphatic heterocycles. The molecule has 2 aromatic rings. The second-order valence-electron chi connectivity index (χ2n) is 2.68. The first kappa shape index (κ1) is 9.71. The van der Waals surface area contributed by atoms with E-state index in [1.807, 2.05) is 44.5 Å². The molecule has 2 rings (SSSR count). The first-order chi connectivity index (χ1) is 6.25. The van der Waals surface area contributed by atoms with Crippen LogP contribution in [0, 0.1) is 13.8 Å². The topological polar surface area (TPSA) is 30.2 Å². The third kappa shape index (κ3) is 2.05. The van der Waals surface area contributed by atoms with Gasteiger partial charge in [-0.3, -0.25) is 4.98 Å². The highest BCUT2D eigenvalue weighted by atomic mass is 15.0. The maximum Gasteiger partial charge on any atom is 0.155 e. The minimum Gasteiger partial charge on any atom is -0.304 e. The minimum atomic E-state index is 0.910. The van der Waals surface area contributed by atoms with Crippen LogP contribution < -0.4 is 0 Å². The number of imidazole rings is 1. The summed E-state index contributed by atoms with van der Waals surface area (Å²) < 4.78 is 1.98. The molecule has 2 aromatic heterocycles. The lowest BCUT2D eigenvalue weighted by molar-refractivity contribution is 1.07. The molecule has 0 amide bonds. The van der Waals surface area contributed by atoms with Gasteiger partial charge in [0.15, 0.2) is 5.65 Å². The number of hydrogen-bond acceptors (Lipinski definition) is 2. The van der Waals surface area contributed by atoms with Gasteiger partial charge in [0.2, 0.25) is 0 Å². The van der Waals surface area contributed by atoms with E-state index in [0.29, 0.717) is 0 Å². The maximum absolute atomic E-state index is 4.25. The van der Waals surface area contributed by atoms with Crippen molar-refractivity contribution in [3.8, 4) is 0 Å². The Labute approximate surface area is 78.5 Å². The van der Waals surface area contributed by atoms with E-state index in [2.05, 4.69) is 9.97 Å². The zero-order chi connectivity index (χ0) is 9.84. The largest absolute Gasteiger partial charge is 0.304 e. The lowest BCUT2D eigenvalue weighted by Gasteiger charge is -1.92. The predicted molar refractivity (Wildman–Crippen MR) is 53.8 cm³/mol. The lowest BCUT2D eigenvalue weighted by Crippen LogP contribution is -1.87. The molecular weight excluding hydrogens is 162 g/mol. The van der Waals surface area contributed by atoms with Gasteiger partial charge in [0.1, 0.15) is 0 Å². The van der Waals surface area contributed by atoms with Crippen LogP contribution in [0.25, 0.3) is 5.65 Å². The fraction of sp³-hybridized carbons (Fsp3) is 0.400. The molecule has 0 saturated heterocycles. The van der Waals surface area contributed by atoms with Gasteiger partial charge in [-0.15, -0.1) is 0 Å². The van der Waals surface area contributed by atoms with Gasteiger partial charge < -0.3 is 4.40 Å². The summed E-state index contributed by atoms with van der Waals surface area (Å²) in [7, 11) is 0. The summed E-state index contributed by atoms with van der Waals surface area (Å²) in [5, 5.41) is 0. The van der Waals surface area contributed by atoms with Crippen molar-refractivity contribution in [3.05, 3.63) is 30.0 Å². The molecule has 0 bridgehead atoms. The Balaban J connectivity index is 0.000000396. The second-order valence-corrected chi connectivity index (χ2v) is 2.68. The van der Waals surface area contributed by atoms with Crippen LogP contribution in [-0.4, -0.2) is 14.4 Å². The van der Waals surface area contributed by atoms with Gasteiger partial charge in [0.25, 0.3) is 0 Å². The van der Waals surface area contributed by atoms with E-state index in [-0.39, 0.29) is 0 Å². The Morgan fingerprint density at radius 3 is 2.38 bits per heavy atom. The van der Waals surface area contributed by atoms with Crippen molar-refractivity contribution in [1.29, 1.82) is 0 Å². The molecule has 2 heterocycles. The van der Waals surface area contributed by atoms with Crippen LogP contribution in [-0.2, 0) is 0 Å². The number of nitrogens with zero attached hydrogens (tertiary/aromatic N) is 3. The van der Waals surface area contributed by atoms with Crippen LogP contribution >= 0.6 is 0 Å². The molecule has 0 fully saturated rings. The summed E-state index contributed by atoms with van der Waals surface area (Å²) in [5.41, 5.74) is 2.94. The Bertz CT molecular complexity index is 390. The third-order valence-electron chi connectivity index (χ3n) is 1.59. The molecule has 0 N–H and O–H groups in total. The fourth-order valence-corrected chi connectivity index (χ4v) is 1.13. The standard InChI is InChI=1S/C8H9N3.C2H6/c1-6-4-11-5-7(2)10-8(11)3-9-6;1-2/h3-5H,1-2H3;1-2H3. The van der Waals surface area contributed by atoms with Crippen molar-refractivity contribution in [2.24, 2.45) is 0 Å². The highest BCUT2D eigenvalue weighted by molar-refractivity contribution is 5.36. The summed E-state index contributed by atoms with van der Waals surface area (Å²) >= 11 is 0. The monoisotopic (exact) mass is 177 g/mol. The number of hydrogen-bond donors (Lipinski definition) is 0. The van der Waals surface area contributed by atoms with E-state index < -0.39 is 0 Å². The number of fused-ring (bicyclic) bond motifs is 1. The van der Waals surface area contributed by atoms with Gasteiger partial charge >= 0.3 is 0 Å². The molecule has 0 unspecified atom stereocenters. The summed E-state index contributed by atoms with van der Waals surface area (Å²) in [5.74, 6) is 0. The molecule has 3 nitrogen and oxygen atoms in total. The van der Waals surface area contributed by atoms with Crippen LogP contribution in [0.15, 0.2) is 18.6 Å². The average Bonchev–Trinajstić information content (AvgIpc) is 2.48. The normalized spacial score (nSPS) is 9.54. The molecule has 0 aliphatic rings. The Kier molecular flexibility index (Phi) is 3.01. The molecule has 0 aliphatic carbocycles. The Hall–Kier alpha value is -1.38. The highest BCUT2D eigenvalue weighted by Gasteiger charge is 1.95. The fourth-order valence-electron chi connectivity index (χ4n) is 1.13. The van der Waals surface area contributed by atoms with Crippen molar-refractivity contribution < 1.29 is 0 Å². The number of rotatable bonds is 0. The van der Waals surface area contributed by atoms with Crippen LogP contribution in [0.2, 0.25) is 0 Å². The van der Waals surface area contributed by atoms with E-state index in [1.54, 1.807) is 6.20 Å². The first-order valence-electron chi connectivity index (χ1n) is 4.54. The summed E-state index contributed by atoms with van der Waals surface area (Å²) in [6.07, 6.45) is 5.74. The predicted octanol–water partition coefficient (Wildman–Crippen LogP) is 2.37. The summed E-state index contributed by atoms with van der Waals surface area (Å²) in [6.45, 7) is 7.94. The van der Waals surface area contributed by atoms with Crippen molar-refractivity contribution in [3.63, 3.8) is 0 Å². The SMILES string of the molecule is CC.Cc1cn2cc(C)nc2cn1. The van der Waals surface area contributed by atoms with Crippen molar-refractivity contribution in [2.75, 3.05) is 0 Å². The summed E-state index contributed by atoms with van der Waals surface area (Å²) in [6, 6.07) is 0. The van der Waals surface area contributed by atoms with E-state index in [1.165, 1.54) is 0 Å². The van der Waals surface area contributed by atoms with Crippen LogP contribution in [0.1, 0.15) is 25.2 Å². The quantitative estimate of drug-likeness (QED) is 0.618. The third-order valence-corrected chi connectivity index (χ3v) is 1.59.